The van der Waals surface area contributed by atoms with E-state index in [1.807, 2.05) is 10.6 Å². The van der Waals surface area contributed by atoms with E-state index in [4.69, 9.17) is 0 Å². The topological polar surface area (TPSA) is 85.1 Å². The average molecular weight is 295 g/mol. The molecule has 2 aromatic heterocycles. The van der Waals surface area contributed by atoms with Crippen molar-refractivity contribution in [1.29, 1.82) is 0 Å². The highest BCUT2D eigenvalue weighted by atomic mass is 32.2. The van der Waals surface area contributed by atoms with Gasteiger partial charge in [0, 0.05) is 12.6 Å². The number of nitrogens with zero attached hydrogens (tertiary/aromatic N) is 3. The van der Waals surface area contributed by atoms with Crippen LogP contribution in [0.25, 0.3) is 11.2 Å². The van der Waals surface area contributed by atoms with E-state index < -0.39 is 9.84 Å². The molecule has 0 saturated carbocycles. The van der Waals surface area contributed by atoms with Gasteiger partial charge in [0.2, 0.25) is 0 Å². The number of aliphatic hydroxyl groups is 1. The summed E-state index contributed by atoms with van der Waals surface area (Å²) in [7, 11) is -3.00. The summed E-state index contributed by atoms with van der Waals surface area (Å²) in [4.78, 5) is 8.80. The first-order valence-corrected chi connectivity index (χ1v) is 8.56. The number of pyridine rings is 1. The number of aliphatic hydroxyl groups excluding tert-OH is 1. The monoisotopic (exact) mass is 295 g/mol. The molecule has 20 heavy (non-hydrogen) atoms. The van der Waals surface area contributed by atoms with Crippen LogP contribution in [0.15, 0.2) is 18.3 Å². The van der Waals surface area contributed by atoms with E-state index in [-0.39, 0.29) is 24.2 Å². The summed E-state index contributed by atoms with van der Waals surface area (Å²) < 4.78 is 25.6. The lowest BCUT2D eigenvalue weighted by atomic mass is 10.2. The molecule has 0 aliphatic carbocycles. The molecule has 0 bridgehead atoms. The molecule has 0 radical (unpaired) electrons. The minimum atomic E-state index is -3.00. The van der Waals surface area contributed by atoms with Gasteiger partial charge in [-0.1, -0.05) is 0 Å². The minimum absolute atomic E-state index is 0.0111. The fourth-order valence-electron chi connectivity index (χ4n) is 2.84. The van der Waals surface area contributed by atoms with Gasteiger partial charge in [0.1, 0.15) is 11.3 Å². The van der Waals surface area contributed by atoms with Crippen LogP contribution in [0.1, 0.15) is 24.7 Å². The largest absolute Gasteiger partial charge is 0.396 e. The molecule has 2 aromatic rings. The molecular weight excluding hydrogens is 278 g/mol. The van der Waals surface area contributed by atoms with Crippen molar-refractivity contribution in [2.24, 2.45) is 0 Å². The number of rotatable bonds is 3. The SMILES string of the molecule is O=S1(=O)CCCC(n2c(CCO)nc3cccnc32)C1. The summed E-state index contributed by atoms with van der Waals surface area (Å²) in [5.74, 6) is 1.11. The molecule has 1 saturated heterocycles. The van der Waals surface area contributed by atoms with E-state index in [1.165, 1.54) is 0 Å². The van der Waals surface area contributed by atoms with Crippen LogP contribution in [-0.2, 0) is 16.3 Å². The van der Waals surface area contributed by atoms with Crippen LogP contribution in [0.3, 0.4) is 0 Å². The summed E-state index contributed by atoms with van der Waals surface area (Å²) in [5.41, 5.74) is 1.46. The van der Waals surface area contributed by atoms with Gasteiger partial charge in [0.05, 0.1) is 24.2 Å². The van der Waals surface area contributed by atoms with Gasteiger partial charge in [-0.15, -0.1) is 0 Å². The van der Waals surface area contributed by atoms with Crippen molar-refractivity contribution in [3.63, 3.8) is 0 Å². The standard InChI is InChI=1S/C13H17N3O3S/c17-7-5-12-15-11-4-1-6-14-13(11)16(12)10-3-2-8-20(18,19)9-10/h1,4,6,10,17H,2-3,5,7-9H2. The van der Waals surface area contributed by atoms with Crippen molar-refractivity contribution < 1.29 is 13.5 Å². The molecule has 1 N–H and O–H groups in total. The number of aromatic nitrogens is 3. The lowest BCUT2D eigenvalue weighted by Crippen LogP contribution is -2.28. The minimum Gasteiger partial charge on any atom is -0.396 e. The lowest BCUT2D eigenvalue weighted by molar-refractivity contribution is 0.293. The number of fused-ring (bicyclic) bond motifs is 1. The summed E-state index contributed by atoms with van der Waals surface area (Å²) in [6, 6.07) is 3.53. The highest BCUT2D eigenvalue weighted by Crippen LogP contribution is 2.28. The van der Waals surface area contributed by atoms with E-state index >= 15 is 0 Å². The van der Waals surface area contributed by atoms with Gasteiger partial charge in [-0.2, -0.15) is 0 Å². The van der Waals surface area contributed by atoms with Gasteiger partial charge in [-0.25, -0.2) is 18.4 Å². The van der Waals surface area contributed by atoms with Gasteiger partial charge < -0.3 is 9.67 Å². The molecule has 108 valence electrons. The molecule has 7 heteroatoms. The Morgan fingerprint density at radius 2 is 2.30 bits per heavy atom. The average Bonchev–Trinajstić information content (AvgIpc) is 2.76. The van der Waals surface area contributed by atoms with E-state index in [0.717, 1.165) is 11.9 Å². The van der Waals surface area contributed by atoms with Crippen molar-refractivity contribution >= 4 is 21.0 Å². The zero-order chi connectivity index (χ0) is 14.2. The van der Waals surface area contributed by atoms with Crippen molar-refractivity contribution in [1.82, 2.24) is 14.5 Å². The van der Waals surface area contributed by atoms with Gasteiger partial charge in [-0.3, -0.25) is 0 Å². The molecule has 3 rings (SSSR count). The zero-order valence-corrected chi connectivity index (χ0v) is 11.9. The van der Waals surface area contributed by atoms with Crippen molar-refractivity contribution in [2.75, 3.05) is 18.1 Å². The molecule has 1 atom stereocenters. The molecular formula is C13H17N3O3S. The van der Waals surface area contributed by atoms with Crippen molar-refractivity contribution in [2.45, 2.75) is 25.3 Å². The Morgan fingerprint density at radius 1 is 1.45 bits per heavy atom. The normalized spacial score (nSPS) is 22.1. The summed E-state index contributed by atoms with van der Waals surface area (Å²) in [5, 5.41) is 9.18. The Hall–Kier alpha value is -1.47. The molecule has 0 aromatic carbocycles. The fourth-order valence-corrected chi connectivity index (χ4v) is 4.51. The lowest BCUT2D eigenvalue weighted by Gasteiger charge is -2.25. The second-order valence-corrected chi connectivity index (χ2v) is 7.36. The Labute approximate surface area is 117 Å². The van der Waals surface area contributed by atoms with Gasteiger partial charge in [-0.05, 0) is 25.0 Å². The van der Waals surface area contributed by atoms with Crippen LogP contribution < -0.4 is 0 Å². The predicted octanol–water partition coefficient (Wildman–Crippen LogP) is 0.716. The Bertz CT molecular complexity index is 724. The maximum Gasteiger partial charge on any atom is 0.160 e. The highest BCUT2D eigenvalue weighted by Gasteiger charge is 2.29. The quantitative estimate of drug-likeness (QED) is 0.901. The second-order valence-electron chi connectivity index (χ2n) is 5.13. The molecule has 0 spiro atoms. The first-order valence-electron chi connectivity index (χ1n) is 6.74. The van der Waals surface area contributed by atoms with Crippen LogP contribution in [0, 0.1) is 0 Å². The highest BCUT2D eigenvalue weighted by molar-refractivity contribution is 7.91. The van der Waals surface area contributed by atoms with Gasteiger partial charge in [0.25, 0.3) is 0 Å². The maximum absolute atomic E-state index is 11.9. The number of imidazole rings is 1. The molecule has 1 aliphatic rings. The van der Waals surface area contributed by atoms with Crippen LogP contribution in [0.4, 0.5) is 0 Å². The first-order chi connectivity index (χ1) is 9.61. The Morgan fingerprint density at radius 3 is 3.05 bits per heavy atom. The number of hydrogen-bond donors (Lipinski definition) is 1. The molecule has 1 fully saturated rings. The van der Waals surface area contributed by atoms with Gasteiger partial charge in [0.15, 0.2) is 15.5 Å². The van der Waals surface area contributed by atoms with E-state index in [2.05, 4.69) is 9.97 Å². The third kappa shape index (κ3) is 2.43. The van der Waals surface area contributed by atoms with Crippen molar-refractivity contribution in [3.8, 4) is 0 Å². The van der Waals surface area contributed by atoms with Crippen LogP contribution in [0.2, 0.25) is 0 Å². The number of hydrogen-bond acceptors (Lipinski definition) is 5. The third-order valence-corrected chi connectivity index (χ3v) is 5.46. The van der Waals surface area contributed by atoms with E-state index in [1.54, 1.807) is 12.3 Å². The molecule has 0 amide bonds. The summed E-state index contributed by atoms with van der Waals surface area (Å²) >= 11 is 0. The molecule has 3 heterocycles. The molecule has 1 aliphatic heterocycles. The first kappa shape index (κ1) is 13.5. The zero-order valence-electron chi connectivity index (χ0n) is 11.1. The Kier molecular flexibility index (Phi) is 3.47. The maximum atomic E-state index is 11.9. The number of sulfone groups is 1. The fraction of sp³-hybridized carbons (Fsp3) is 0.538. The second kappa shape index (κ2) is 5.14. The van der Waals surface area contributed by atoms with E-state index in [9.17, 15) is 13.5 Å². The van der Waals surface area contributed by atoms with Crippen molar-refractivity contribution in [3.05, 3.63) is 24.2 Å². The smallest absolute Gasteiger partial charge is 0.160 e. The van der Waals surface area contributed by atoms with E-state index in [0.29, 0.717) is 24.3 Å². The third-order valence-electron chi connectivity index (χ3n) is 3.66. The predicted molar refractivity (Wildman–Crippen MR) is 75.2 cm³/mol. The molecule has 1 unspecified atom stereocenters. The Balaban J connectivity index is 2.10. The van der Waals surface area contributed by atoms with Gasteiger partial charge >= 0.3 is 0 Å². The van der Waals surface area contributed by atoms with Crippen LogP contribution >= 0.6 is 0 Å². The van der Waals surface area contributed by atoms with Crippen LogP contribution in [0.5, 0.6) is 0 Å². The molecule has 6 nitrogen and oxygen atoms in total. The summed E-state index contributed by atoms with van der Waals surface area (Å²) in [6.07, 6.45) is 3.56. The van der Waals surface area contributed by atoms with Crippen LogP contribution in [-0.4, -0.2) is 46.2 Å². The summed E-state index contributed by atoms with van der Waals surface area (Å²) in [6.45, 7) is -0.0111.